The summed E-state index contributed by atoms with van der Waals surface area (Å²) in [6.07, 6.45) is 0. The Morgan fingerprint density at radius 3 is 1.67 bits per heavy atom. The second-order valence-electron chi connectivity index (χ2n) is 1.28. The van der Waals surface area contributed by atoms with Crippen molar-refractivity contribution in [2.75, 3.05) is 0 Å². The molecule has 0 amide bonds. The van der Waals surface area contributed by atoms with Crippen molar-refractivity contribution in [2.24, 2.45) is 0 Å². The highest BCUT2D eigenvalue weighted by Gasteiger charge is 1.59. The topological polar surface area (TPSA) is 0 Å². The van der Waals surface area contributed by atoms with Gasteiger partial charge in [0.2, 0.25) is 0 Å². The van der Waals surface area contributed by atoms with E-state index >= 15 is 0 Å². The van der Waals surface area contributed by atoms with Crippen LogP contribution in [-0.4, -0.2) is 21.7 Å². The second kappa shape index (κ2) is 5.99. The third kappa shape index (κ3) is 8.88. The summed E-state index contributed by atoms with van der Waals surface area (Å²) in [6, 6.07) is 0. The zero-order chi connectivity index (χ0) is 4.28. The molecule has 0 bridgehead atoms. The third-order valence-electron chi connectivity index (χ3n) is 0.408. The monoisotopic (exact) mass is 159 g/mol. The van der Waals surface area contributed by atoms with Crippen LogP contribution in [0.4, 0.5) is 0 Å². The lowest BCUT2D eigenvalue weighted by Gasteiger charge is -1.76. The molecule has 2 heteroatoms. The second-order valence-corrected chi connectivity index (χ2v) is 1.69. The summed E-state index contributed by atoms with van der Waals surface area (Å²) in [4.78, 5) is 0. The molecule has 33 valence electrons. The molecule has 0 heterocycles. The maximum absolute atomic E-state index is 2.11. The summed E-state index contributed by atoms with van der Waals surface area (Å²) in [5.41, 5.74) is 1.39. The summed E-state index contributed by atoms with van der Waals surface area (Å²) in [5, 5.41) is 0. The molecular weight excluding hydrogens is 152 g/mol. The molecule has 0 spiro atoms. The first kappa shape index (κ1) is 10.1. The van der Waals surface area contributed by atoms with Gasteiger partial charge in [-0.2, -0.15) is 0 Å². The first-order chi connectivity index (χ1) is 2.27. The van der Waals surface area contributed by atoms with Gasteiger partial charge in [-0.3, -0.25) is 0 Å². The summed E-state index contributed by atoms with van der Waals surface area (Å²) < 4.78 is 2.11. The highest BCUT2D eigenvalue weighted by Crippen LogP contribution is 1.79. The van der Waals surface area contributed by atoms with Crippen molar-refractivity contribution in [3.8, 4) is 0 Å². The fraction of sp³-hybridized carbons (Fsp3) is 0.500. The van der Waals surface area contributed by atoms with E-state index in [2.05, 4.69) is 18.1 Å². The first-order valence-corrected chi connectivity index (χ1v) is 2.51. The normalized spacial score (nSPS) is 5.50. The van der Waals surface area contributed by atoms with Gasteiger partial charge in [-0.15, -0.1) is 22.6 Å². The number of rotatable bonds is 0. The maximum Gasteiger partial charge on any atom is 0.262 e. The van der Waals surface area contributed by atoms with Crippen molar-refractivity contribution >= 4 is 38.7 Å². The highest BCUT2D eigenvalue weighted by molar-refractivity contribution is 8.93. The van der Waals surface area contributed by atoms with Crippen LogP contribution in [-0.2, 0) is 0 Å². The van der Waals surface area contributed by atoms with Crippen LogP contribution in [0.1, 0.15) is 13.8 Å². The van der Waals surface area contributed by atoms with Gasteiger partial charge in [0, 0.05) is 0 Å². The van der Waals surface area contributed by atoms with Crippen LogP contribution in [0.5, 0.6) is 0 Å². The molecule has 0 rings (SSSR count). The molecule has 0 N–H and O–H groups in total. The molecule has 0 aromatic carbocycles. The van der Waals surface area contributed by atoms with Crippen LogP contribution in [0.3, 0.4) is 0 Å². The molecule has 1 radical (unpaired) electrons. The lowest BCUT2D eigenvalue weighted by atomic mass is 10.4. The van der Waals surface area contributed by atoms with Gasteiger partial charge in [0.05, 0.1) is 0 Å². The van der Waals surface area contributed by atoms with Gasteiger partial charge in [0.1, 0.15) is 0 Å². The van der Waals surface area contributed by atoms with Crippen LogP contribution >= 0.6 is 17.0 Å². The van der Waals surface area contributed by atoms with Gasteiger partial charge in [-0.1, -0.05) is 0 Å². The Labute approximate surface area is 62.2 Å². The maximum atomic E-state index is 2.11. The number of hydrogen-bond donors (Lipinski definition) is 0. The lowest BCUT2D eigenvalue weighted by molar-refractivity contribution is 1.41. The lowest BCUT2D eigenvalue weighted by Crippen LogP contribution is -1.57. The van der Waals surface area contributed by atoms with E-state index < -0.39 is 0 Å². The minimum atomic E-state index is 0. The Balaban J connectivity index is 0. The van der Waals surface area contributed by atoms with E-state index in [4.69, 9.17) is 0 Å². The Kier molecular flexibility index (Phi) is 10.0. The predicted molar refractivity (Wildman–Crippen MR) is 35.5 cm³/mol. The summed E-state index contributed by atoms with van der Waals surface area (Å²) in [5.74, 6) is 0. The summed E-state index contributed by atoms with van der Waals surface area (Å²) >= 11 is 1.87. The molecule has 0 aliphatic heterocycles. The van der Waals surface area contributed by atoms with Crippen LogP contribution < -0.4 is 0 Å². The standard InChI is InChI=1S/C4H7.BrH.Mg/c1-4(2)3;;/h1H,2-3H3;1H;. The number of allylic oxidation sites excluding steroid dienone is 1. The van der Waals surface area contributed by atoms with Crippen molar-refractivity contribution in [2.45, 2.75) is 13.8 Å². The predicted octanol–water partition coefficient (Wildman–Crippen LogP) is 1.66. The molecule has 0 saturated carbocycles. The summed E-state index contributed by atoms with van der Waals surface area (Å²) in [7, 11) is 0. The van der Waals surface area contributed by atoms with E-state index in [1.54, 1.807) is 0 Å². The van der Waals surface area contributed by atoms with Gasteiger partial charge >= 0.3 is 0 Å². The first-order valence-electron chi connectivity index (χ1n) is 1.70. The molecule has 0 aromatic rings. The van der Waals surface area contributed by atoms with E-state index in [1.165, 1.54) is 5.57 Å². The zero-order valence-corrected chi connectivity index (χ0v) is 7.32. The van der Waals surface area contributed by atoms with Crippen LogP contribution in [0.15, 0.2) is 9.78 Å². The molecule has 0 atom stereocenters. The van der Waals surface area contributed by atoms with Crippen LogP contribution in [0.2, 0.25) is 0 Å². The molecule has 0 aromatic heterocycles. The van der Waals surface area contributed by atoms with Crippen molar-refractivity contribution in [1.29, 1.82) is 0 Å². The Morgan fingerprint density at radius 1 is 1.50 bits per heavy atom. The molecule has 0 nitrogen and oxygen atoms in total. The highest BCUT2D eigenvalue weighted by atomic mass is 79.9. The average Bonchev–Trinajstić information content (AvgIpc) is 1.38. The van der Waals surface area contributed by atoms with Gasteiger partial charge in [0.25, 0.3) is 21.7 Å². The van der Waals surface area contributed by atoms with Crippen molar-refractivity contribution in [3.05, 3.63) is 9.78 Å². The molecular formula is C4H8BrMg. The third-order valence-corrected chi connectivity index (χ3v) is 1.22. The fourth-order valence-electron chi connectivity index (χ4n) is 0. The molecule has 6 heavy (non-hydrogen) atoms. The fourth-order valence-corrected chi connectivity index (χ4v) is 0. The molecule has 0 saturated heterocycles. The van der Waals surface area contributed by atoms with Gasteiger partial charge in [0.15, 0.2) is 0 Å². The Hall–Kier alpha value is 0.986. The van der Waals surface area contributed by atoms with Crippen molar-refractivity contribution < 1.29 is 0 Å². The largest absolute Gasteiger partial charge is 0.262 e. The number of hydrogen-bond acceptors (Lipinski definition) is 0. The van der Waals surface area contributed by atoms with E-state index in [0.29, 0.717) is 0 Å². The van der Waals surface area contributed by atoms with Gasteiger partial charge in [-0.05, 0) is 13.8 Å². The van der Waals surface area contributed by atoms with Crippen molar-refractivity contribution in [3.63, 3.8) is 0 Å². The Morgan fingerprint density at radius 2 is 1.67 bits per heavy atom. The van der Waals surface area contributed by atoms with Crippen LogP contribution in [0, 0.1) is 0 Å². The molecule has 0 aliphatic rings. The average molecular weight is 160 g/mol. The minimum Gasteiger partial charge on any atom is -0.243 e. The molecule has 0 unspecified atom stereocenters. The number of halogens is 1. The van der Waals surface area contributed by atoms with E-state index in [-0.39, 0.29) is 17.0 Å². The van der Waals surface area contributed by atoms with Gasteiger partial charge in [-0.25, -0.2) is 4.21 Å². The molecule has 0 aliphatic carbocycles. The molecule has 0 fully saturated rings. The van der Waals surface area contributed by atoms with E-state index in [0.717, 1.165) is 0 Å². The minimum absolute atomic E-state index is 0. The van der Waals surface area contributed by atoms with Crippen molar-refractivity contribution in [1.82, 2.24) is 0 Å². The quantitative estimate of drug-likeness (QED) is 0.473. The van der Waals surface area contributed by atoms with E-state index in [1.807, 2.05) is 21.7 Å². The Bertz CT molecular complexity index is 45.5. The van der Waals surface area contributed by atoms with Crippen LogP contribution in [0.25, 0.3) is 0 Å². The summed E-state index contributed by atoms with van der Waals surface area (Å²) in [6.45, 7) is 4.18. The van der Waals surface area contributed by atoms with Gasteiger partial charge < -0.3 is 0 Å². The smallest absolute Gasteiger partial charge is 0.243 e. The van der Waals surface area contributed by atoms with E-state index in [9.17, 15) is 0 Å². The zero-order valence-electron chi connectivity index (χ0n) is 4.19. The SMILES string of the molecule is Br.CC(C)=[CH][Mg].